The molecule has 1 aromatic rings. The van der Waals surface area contributed by atoms with Gasteiger partial charge in [-0.3, -0.25) is 0 Å². The predicted molar refractivity (Wildman–Crippen MR) is 82.9 cm³/mol. The van der Waals surface area contributed by atoms with Crippen molar-refractivity contribution < 1.29 is 9.47 Å². The molecule has 21 heavy (non-hydrogen) atoms. The maximum Gasteiger partial charge on any atom is 0.162 e. The van der Waals surface area contributed by atoms with Crippen LogP contribution >= 0.6 is 11.6 Å². The minimum Gasteiger partial charge on any atom is -0.490 e. The van der Waals surface area contributed by atoms with Crippen LogP contribution in [-0.2, 0) is 0 Å². The normalized spacial score (nSPS) is 32.0. The number of halogens is 1. The Morgan fingerprint density at radius 3 is 2.52 bits per heavy atom. The van der Waals surface area contributed by atoms with Gasteiger partial charge in [-0.25, -0.2) is 0 Å². The van der Waals surface area contributed by atoms with Gasteiger partial charge in [-0.2, -0.15) is 0 Å². The molecule has 4 atom stereocenters. The van der Waals surface area contributed by atoms with Gasteiger partial charge in [-0.15, -0.1) is 0 Å². The van der Waals surface area contributed by atoms with Crippen molar-refractivity contribution in [1.29, 1.82) is 0 Å². The molecule has 3 aliphatic rings. The van der Waals surface area contributed by atoms with Gasteiger partial charge < -0.3 is 15.2 Å². The van der Waals surface area contributed by atoms with Crippen LogP contribution in [0.5, 0.6) is 11.5 Å². The summed E-state index contributed by atoms with van der Waals surface area (Å²) in [5.74, 6) is 3.81. The summed E-state index contributed by atoms with van der Waals surface area (Å²) in [6, 6.07) is 3.91. The summed E-state index contributed by atoms with van der Waals surface area (Å²) in [5.41, 5.74) is 7.61. The molecule has 0 aromatic heterocycles. The van der Waals surface area contributed by atoms with Gasteiger partial charge in [0.1, 0.15) is 0 Å². The second kappa shape index (κ2) is 5.36. The molecule has 2 fully saturated rings. The van der Waals surface area contributed by atoms with E-state index >= 15 is 0 Å². The number of nitrogens with two attached hydrogens (primary N) is 1. The third-order valence-electron chi connectivity index (χ3n) is 5.48. The van der Waals surface area contributed by atoms with Gasteiger partial charge in [0, 0.05) is 23.6 Å². The Kier molecular flexibility index (Phi) is 3.50. The second-order valence-corrected chi connectivity index (χ2v) is 7.14. The summed E-state index contributed by atoms with van der Waals surface area (Å²) in [6.07, 6.45) is 6.26. The lowest BCUT2D eigenvalue weighted by Gasteiger charge is -2.29. The second-order valence-electron chi connectivity index (χ2n) is 6.74. The van der Waals surface area contributed by atoms with Gasteiger partial charge in [-0.05, 0) is 48.6 Å². The van der Waals surface area contributed by atoms with Gasteiger partial charge in [0.15, 0.2) is 11.5 Å². The molecule has 2 saturated carbocycles. The van der Waals surface area contributed by atoms with Crippen LogP contribution in [-0.4, -0.2) is 13.2 Å². The predicted octanol–water partition coefficient (Wildman–Crippen LogP) is 3.94. The molecule has 0 spiro atoms. The van der Waals surface area contributed by atoms with E-state index in [1.54, 1.807) is 0 Å². The summed E-state index contributed by atoms with van der Waals surface area (Å²) in [5, 5.41) is 0.717. The van der Waals surface area contributed by atoms with E-state index in [0.29, 0.717) is 19.1 Å². The lowest BCUT2D eigenvalue weighted by molar-refractivity contribution is 0.283. The Balaban J connectivity index is 1.63. The molecule has 2 N–H and O–H groups in total. The number of fused-ring (bicyclic) bond motifs is 3. The molecule has 2 bridgehead atoms. The first kappa shape index (κ1) is 13.7. The number of ether oxygens (including phenoxy) is 2. The standard InChI is InChI=1S/C17H22ClNO2/c18-14-9-16-15(20-4-1-5-21-16)8-13(14)17(19)12-7-10-2-3-11(12)6-10/h8-12,17H,1-7,19H2. The summed E-state index contributed by atoms with van der Waals surface area (Å²) in [6.45, 7) is 1.37. The lowest BCUT2D eigenvalue weighted by Crippen LogP contribution is -2.26. The Morgan fingerprint density at radius 2 is 1.86 bits per heavy atom. The number of hydrogen-bond acceptors (Lipinski definition) is 3. The molecular formula is C17H22ClNO2. The maximum atomic E-state index is 6.58. The molecule has 3 nitrogen and oxygen atoms in total. The van der Waals surface area contributed by atoms with Crippen LogP contribution < -0.4 is 15.2 Å². The van der Waals surface area contributed by atoms with Crippen molar-refractivity contribution in [2.24, 2.45) is 23.5 Å². The highest BCUT2D eigenvalue weighted by molar-refractivity contribution is 6.31. The first-order valence-electron chi connectivity index (χ1n) is 8.07. The molecule has 2 aliphatic carbocycles. The van der Waals surface area contributed by atoms with Crippen molar-refractivity contribution in [1.82, 2.24) is 0 Å². The van der Waals surface area contributed by atoms with Gasteiger partial charge in [0.05, 0.1) is 13.2 Å². The average Bonchev–Trinajstić information content (AvgIpc) is 3.04. The molecular weight excluding hydrogens is 286 g/mol. The van der Waals surface area contributed by atoms with Gasteiger partial charge in [0.25, 0.3) is 0 Å². The first-order chi connectivity index (χ1) is 10.2. The Labute approximate surface area is 130 Å². The fourth-order valence-electron chi connectivity index (χ4n) is 4.42. The maximum absolute atomic E-state index is 6.58. The van der Waals surface area contributed by atoms with Crippen LogP contribution in [0.25, 0.3) is 0 Å². The highest BCUT2D eigenvalue weighted by Gasteiger charge is 2.43. The molecule has 1 aromatic carbocycles. The van der Waals surface area contributed by atoms with Crippen molar-refractivity contribution in [2.75, 3.05) is 13.2 Å². The molecule has 1 heterocycles. The Bertz CT molecular complexity index is 548. The van der Waals surface area contributed by atoms with Crippen LogP contribution in [0.3, 0.4) is 0 Å². The van der Waals surface area contributed by atoms with Crippen LogP contribution in [0.1, 0.15) is 43.7 Å². The van der Waals surface area contributed by atoms with Gasteiger partial charge >= 0.3 is 0 Å². The molecule has 1 aliphatic heterocycles. The van der Waals surface area contributed by atoms with Crippen molar-refractivity contribution >= 4 is 11.6 Å². The van der Waals surface area contributed by atoms with Crippen LogP contribution in [0.4, 0.5) is 0 Å². The van der Waals surface area contributed by atoms with Crippen molar-refractivity contribution in [3.05, 3.63) is 22.7 Å². The average molecular weight is 308 g/mol. The third-order valence-corrected chi connectivity index (χ3v) is 5.81. The van der Waals surface area contributed by atoms with Crippen molar-refractivity contribution in [3.8, 4) is 11.5 Å². The van der Waals surface area contributed by atoms with E-state index in [0.717, 1.165) is 40.3 Å². The van der Waals surface area contributed by atoms with Gasteiger partial charge in [-0.1, -0.05) is 18.0 Å². The van der Waals surface area contributed by atoms with E-state index in [4.69, 9.17) is 26.8 Å². The van der Waals surface area contributed by atoms with E-state index in [2.05, 4.69) is 0 Å². The van der Waals surface area contributed by atoms with Crippen molar-refractivity contribution in [3.63, 3.8) is 0 Å². The monoisotopic (exact) mass is 307 g/mol. The fraction of sp³-hybridized carbons (Fsp3) is 0.647. The molecule has 4 unspecified atom stereocenters. The van der Waals surface area contributed by atoms with Gasteiger partial charge in [0.2, 0.25) is 0 Å². The third kappa shape index (κ3) is 2.40. The number of rotatable bonds is 2. The Hall–Kier alpha value is -0.930. The summed E-state index contributed by atoms with van der Waals surface area (Å²) in [7, 11) is 0. The Morgan fingerprint density at radius 1 is 1.10 bits per heavy atom. The zero-order chi connectivity index (χ0) is 14.4. The number of hydrogen-bond donors (Lipinski definition) is 1. The van der Waals surface area contributed by atoms with E-state index in [1.807, 2.05) is 12.1 Å². The lowest BCUT2D eigenvalue weighted by atomic mass is 9.81. The summed E-state index contributed by atoms with van der Waals surface area (Å²) < 4.78 is 11.5. The van der Waals surface area contributed by atoms with E-state index < -0.39 is 0 Å². The topological polar surface area (TPSA) is 44.5 Å². The molecule has 4 rings (SSSR count). The molecule has 0 saturated heterocycles. The highest BCUT2D eigenvalue weighted by atomic mass is 35.5. The highest BCUT2D eigenvalue weighted by Crippen LogP contribution is 2.53. The zero-order valence-electron chi connectivity index (χ0n) is 12.2. The molecule has 4 heteroatoms. The van der Waals surface area contributed by atoms with Crippen LogP contribution in [0.2, 0.25) is 5.02 Å². The minimum atomic E-state index is 0.0185. The smallest absolute Gasteiger partial charge is 0.162 e. The van der Waals surface area contributed by atoms with Crippen LogP contribution in [0.15, 0.2) is 12.1 Å². The van der Waals surface area contributed by atoms with Crippen LogP contribution in [0, 0.1) is 17.8 Å². The van der Waals surface area contributed by atoms with E-state index in [-0.39, 0.29) is 6.04 Å². The summed E-state index contributed by atoms with van der Waals surface area (Å²) in [4.78, 5) is 0. The van der Waals surface area contributed by atoms with E-state index in [9.17, 15) is 0 Å². The van der Waals surface area contributed by atoms with E-state index in [1.165, 1.54) is 25.7 Å². The molecule has 0 radical (unpaired) electrons. The first-order valence-corrected chi connectivity index (χ1v) is 8.45. The number of benzene rings is 1. The van der Waals surface area contributed by atoms with Crippen molar-refractivity contribution in [2.45, 2.75) is 38.1 Å². The zero-order valence-corrected chi connectivity index (χ0v) is 12.9. The molecule has 0 amide bonds. The molecule has 114 valence electrons. The fourth-order valence-corrected chi connectivity index (χ4v) is 4.70. The summed E-state index contributed by atoms with van der Waals surface area (Å²) >= 11 is 6.47. The SMILES string of the molecule is NC(c1cc2c(cc1Cl)OCCCO2)C1CC2CCC1C2. The largest absolute Gasteiger partial charge is 0.490 e. The minimum absolute atomic E-state index is 0.0185. The quantitative estimate of drug-likeness (QED) is 0.900.